The molecule has 0 amide bonds. The van der Waals surface area contributed by atoms with Crippen molar-refractivity contribution in [2.75, 3.05) is 18.2 Å². The first-order valence-electron chi connectivity index (χ1n) is 5.18. The van der Waals surface area contributed by atoms with Crippen LogP contribution in [0.15, 0.2) is 17.6 Å². The zero-order valence-electron chi connectivity index (χ0n) is 9.63. The van der Waals surface area contributed by atoms with Crippen molar-refractivity contribution < 1.29 is 13.2 Å². The fourth-order valence-corrected chi connectivity index (χ4v) is 3.02. The zero-order chi connectivity index (χ0) is 13.2. The molecule has 1 N–H and O–H groups in total. The molecule has 0 radical (unpaired) electrons. The molecular weight excluding hydrogens is 278 g/mol. The SMILES string of the molecule is COCc1nc(Cl)cc(NC2C=CS(=O)(=O)C2)n1. The molecule has 1 unspecified atom stereocenters. The summed E-state index contributed by atoms with van der Waals surface area (Å²) in [4.78, 5) is 8.15. The third-order valence-corrected chi connectivity index (χ3v) is 3.87. The highest BCUT2D eigenvalue weighted by Crippen LogP contribution is 2.16. The Morgan fingerprint density at radius 2 is 2.33 bits per heavy atom. The van der Waals surface area contributed by atoms with E-state index in [4.69, 9.17) is 16.3 Å². The first-order chi connectivity index (χ1) is 8.48. The molecule has 1 aromatic heterocycles. The van der Waals surface area contributed by atoms with E-state index in [0.717, 1.165) is 0 Å². The molecule has 1 aliphatic heterocycles. The lowest BCUT2D eigenvalue weighted by Crippen LogP contribution is -2.22. The van der Waals surface area contributed by atoms with Crippen LogP contribution in [0.1, 0.15) is 5.82 Å². The standard InChI is InChI=1S/C10H12ClN3O3S/c1-17-5-10-13-8(11)4-9(14-10)12-7-2-3-18(15,16)6-7/h2-4,7H,5-6H2,1H3,(H,12,13,14). The summed E-state index contributed by atoms with van der Waals surface area (Å²) in [5.41, 5.74) is 0. The topological polar surface area (TPSA) is 81.2 Å². The van der Waals surface area contributed by atoms with Crippen LogP contribution in [0.3, 0.4) is 0 Å². The lowest BCUT2D eigenvalue weighted by atomic mass is 10.3. The van der Waals surface area contributed by atoms with Crippen molar-refractivity contribution in [1.29, 1.82) is 0 Å². The van der Waals surface area contributed by atoms with Gasteiger partial charge in [-0.3, -0.25) is 0 Å². The second-order valence-corrected chi connectivity index (χ2v) is 6.15. The molecule has 1 aliphatic rings. The Balaban J connectivity index is 2.12. The van der Waals surface area contributed by atoms with E-state index in [2.05, 4.69) is 15.3 Å². The average molecular weight is 290 g/mol. The van der Waals surface area contributed by atoms with Crippen molar-refractivity contribution in [3.8, 4) is 0 Å². The third-order valence-electron chi connectivity index (χ3n) is 2.28. The van der Waals surface area contributed by atoms with E-state index < -0.39 is 9.84 Å². The van der Waals surface area contributed by atoms with Crippen molar-refractivity contribution in [3.63, 3.8) is 0 Å². The van der Waals surface area contributed by atoms with E-state index in [9.17, 15) is 8.42 Å². The van der Waals surface area contributed by atoms with Gasteiger partial charge in [-0.2, -0.15) is 0 Å². The predicted molar refractivity (Wildman–Crippen MR) is 68.1 cm³/mol. The van der Waals surface area contributed by atoms with Gasteiger partial charge in [0.1, 0.15) is 17.6 Å². The molecule has 8 heteroatoms. The van der Waals surface area contributed by atoms with E-state index in [1.165, 1.54) is 12.5 Å². The Kier molecular flexibility index (Phi) is 3.84. The molecule has 0 aromatic carbocycles. The molecule has 0 fully saturated rings. The summed E-state index contributed by atoms with van der Waals surface area (Å²) in [6.07, 6.45) is 1.58. The van der Waals surface area contributed by atoms with Crippen LogP contribution in [0.25, 0.3) is 0 Å². The number of ether oxygens (including phenoxy) is 1. The molecule has 2 heterocycles. The predicted octanol–water partition coefficient (Wildman–Crippen LogP) is 0.999. The highest BCUT2D eigenvalue weighted by atomic mass is 35.5. The van der Waals surface area contributed by atoms with Crippen molar-refractivity contribution in [2.24, 2.45) is 0 Å². The number of anilines is 1. The van der Waals surface area contributed by atoms with Crippen LogP contribution in [-0.2, 0) is 21.2 Å². The van der Waals surface area contributed by atoms with E-state index in [-0.39, 0.29) is 23.6 Å². The smallest absolute Gasteiger partial charge is 0.173 e. The lowest BCUT2D eigenvalue weighted by Gasteiger charge is -2.11. The Bertz CT molecular complexity index is 574. The number of methoxy groups -OCH3 is 1. The summed E-state index contributed by atoms with van der Waals surface area (Å²) in [6.45, 7) is 0.244. The number of halogens is 1. The molecule has 18 heavy (non-hydrogen) atoms. The van der Waals surface area contributed by atoms with Crippen LogP contribution in [0, 0.1) is 0 Å². The van der Waals surface area contributed by atoms with Gasteiger partial charge in [-0.25, -0.2) is 18.4 Å². The second kappa shape index (κ2) is 5.21. The van der Waals surface area contributed by atoms with Crippen LogP contribution in [-0.4, -0.2) is 37.3 Å². The summed E-state index contributed by atoms with van der Waals surface area (Å²) < 4.78 is 27.4. The molecule has 1 aromatic rings. The molecule has 0 aliphatic carbocycles. The van der Waals surface area contributed by atoms with Gasteiger partial charge in [-0.05, 0) is 6.08 Å². The van der Waals surface area contributed by atoms with E-state index >= 15 is 0 Å². The molecule has 0 saturated carbocycles. The summed E-state index contributed by atoms with van der Waals surface area (Å²) in [6, 6.07) is 1.25. The van der Waals surface area contributed by atoms with Gasteiger partial charge < -0.3 is 10.1 Å². The Morgan fingerprint density at radius 1 is 1.56 bits per heavy atom. The number of nitrogens with zero attached hydrogens (tertiary/aromatic N) is 2. The van der Waals surface area contributed by atoms with Crippen LogP contribution in [0.4, 0.5) is 5.82 Å². The maximum absolute atomic E-state index is 11.3. The summed E-state index contributed by atoms with van der Waals surface area (Å²) in [7, 11) is -1.56. The van der Waals surface area contributed by atoms with Crippen molar-refractivity contribution >= 4 is 27.3 Å². The van der Waals surface area contributed by atoms with Crippen molar-refractivity contribution in [1.82, 2.24) is 9.97 Å². The van der Waals surface area contributed by atoms with Crippen LogP contribution >= 0.6 is 11.6 Å². The first kappa shape index (κ1) is 13.3. The molecule has 2 rings (SSSR count). The highest BCUT2D eigenvalue weighted by Gasteiger charge is 2.21. The normalized spacial score (nSPS) is 21.1. The number of rotatable bonds is 4. The van der Waals surface area contributed by atoms with Gasteiger partial charge in [0.05, 0.1) is 11.8 Å². The average Bonchev–Trinajstić information content (AvgIpc) is 2.57. The second-order valence-electron chi connectivity index (χ2n) is 3.83. The van der Waals surface area contributed by atoms with Gasteiger partial charge in [0, 0.05) is 18.6 Å². The van der Waals surface area contributed by atoms with Gasteiger partial charge in [0.15, 0.2) is 15.7 Å². The molecule has 0 saturated heterocycles. The minimum absolute atomic E-state index is 0.0221. The molecule has 98 valence electrons. The van der Waals surface area contributed by atoms with E-state index in [0.29, 0.717) is 11.6 Å². The zero-order valence-corrected chi connectivity index (χ0v) is 11.2. The highest BCUT2D eigenvalue weighted by molar-refractivity contribution is 7.94. The summed E-state index contributed by atoms with van der Waals surface area (Å²) in [5.74, 6) is 0.944. The fourth-order valence-electron chi connectivity index (χ4n) is 1.59. The number of sulfone groups is 1. The van der Waals surface area contributed by atoms with Gasteiger partial charge in [0.25, 0.3) is 0 Å². The van der Waals surface area contributed by atoms with Gasteiger partial charge in [-0.1, -0.05) is 11.6 Å². The molecular formula is C10H12ClN3O3S. The van der Waals surface area contributed by atoms with Gasteiger partial charge in [0.2, 0.25) is 0 Å². The largest absolute Gasteiger partial charge is 0.377 e. The van der Waals surface area contributed by atoms with Gasteiger partial charge >= 0.3 is 0 Å². The maximum atomic E-state index is 11.3. The molecule has 0 bridgehead atoms. The Hall–Kier alpha value is -1.18. The molecule has 1 atom stereocenters. The lowest BCUT2D eigenvalue weighted by molar-refractivity contribution is 0.178. The number of nitrogens with one attached hydrogen (secondary N) is 1. The minimum atomic E-state index is -3.09. The number of hydrogen-bond acceptors (Lipinski definition) is 6. The minimum Gasteiger partial charge on any atom is -0.377 e. The maximum Gasteiger partial charge on any atom is 0.173 e. The van der Waals surface area contributed by atoms with Gasteiger partial charge in [-0.15, -0.1) is 0 Å². The summed E-state index contributed by atoms with van der Waals surface area (Å²) >= 11 is 5.84. The molecule has 0 spiro atoms. The van der Waals surface area contributed by atoms with Crippen LogP contribution in [0.5, 0.6) is 0 Å². The van der Waals surface area contributed by atoms with Crippen LogP contribution in [0.2, 0.25) is 5.15 Å². The Morgan fingerprint density at radius 3 is 2.94 bits per heavy atom. The fraction of sp³-hybridized carbons (Fsp3) is 0.400. The number of aromatic nitrogens is 2. The third kappa shape index (κ3) is 3.41. The first-order valence-corrected chi connectivity index (χ1v) is 7.28. The van der Waals surface area contributed by atoms with Crippen molar-refractivity contribution in [3.05, 3.63) is 28.5 Å². The molecule has 6 nitrogen and oxygen atoms in total. The number of hydrogen-bond donors (Lipinski definition) is 1. The summed E-state index contributed by atoms with van der Waals surface area (Å²) in [5, 5.41) is 4.46. The van der Waals surface area contributed by atoms with Crippen LogP contribution < -0.4 is 5.32 Å². The van der Waals surface area contributed by atoms with E-state index in [1.54, 1.807) is 12.1 Å². The monoisotopic (exact) mass is 289 g/mol. The quantitative estimate of drug-likeness (QED) is 0.833. The van der Waals surface area contributed by atoms with Crippen molar-refractivity contribution in [2.45, 2.75) is 12.6 Å². The van der Waals surface area contributed by atoms with E-state index in [1.807, 2.05) is 0 Å². The Labute approximate surface area is 110 Å².